The molecule has 562 valence electrons. The summed E-state index contributed by atoms with van der Waals surface area (Å²) in [7, 11) is 2.86. The molecule has 11 amide bonds. The Balaban J connectivity index is 0.705. The molecule has 0 radical (unpaired) electrons. The first-order valence-corrected chi connectivity index (χ1v) is 34.7. The summed E-state index contributed by atoms with van der Waals surface area (Å²) in [4.78, 5) is 169. The number of anilines is 1. The number of aromatic nitrogens is 3. The Bertz CT molecular complexity index is 4160. The number of rotatable bonds is 37. The molecule has 1 aliphatic carbocycles. The molecule has 0 unspecified atom stereocenters. The number of halogens is 1. The molecule has 4 aliphatic rings. The van der Waals surface area contributed by atoms with Crippen LogP contribution in [0.15, 0.2) is 77.7 Å². The molecular weight excluding hydrogens is 1370 g/mol. The van der Waals surface area contributed by atoms with Gasteiger partial charge in [-0.25, -0.2) is 28.6 Å². The molecule has 33 heteroatoms. The van der Waals surface area contributed by atoms with E-state index in [0.717, 1.165) is 27.5 Å². The van der Waals surface area contributed by atoms with E-state index in [1.807, 2.05) is 0 Å². The van der Waals surface area contributed by atoms with E-state index in [1.54, 1.807) is 76.2 Å². The molecule has 0 saturated heterocycles. The van der Waals surface area contributed by atoms with Crippen LogP contribution in [0.1, 0.15) is 115 Å². The fraction of sp³-hybridized carbons (Fsp3) is 0.472. The molecule has 0 saturated carbocycles. The minimum Gasteiger partial charge on any atom is -0.457 e. The van der Waals surface area contributed by atoms with Crippen molar-refractivity contribution in [2.75, 3.05) is 105 Å². The first kappa shape index (κ1) is 78.4. The monoisotopic (exact) mass is 1460 g/mol. The molecule has 32 nitrogen and oxygen atoms in total. The number of imide groups is 1. The van der Waals surface area contributed by atoms with Crippen LogP contribution in [-0.2, 0) is 98.5 Å². The van der Waals surface area contributed by atoms with Gasteiger partial charge in [0.15, 0.2) is 0 Å². The Kier molecular flexibility index (Phi) is 27.3. The zero-order chi connectivity index (χ0) is 75.5. The van der Waals surface area contributed by atoms with Crippen molar-refractivity contribution < 1.29 is 90.3 Å². The average Bonchev–Trinajstić information content (AvgIpc) is 1.60. The summed E-state index contributed by atoms with van der Waals surface area (Å²) >= 11 is 0. The van der Waals surface area contributed by atoms with E-state index in [2.05, 4.69) is 36.9 Å². The van der Waals surface area contributed by atoms with Crippen molar-refractivity contribution in [1.82, 2.24) is 55.8 Å². The highest BCUT2D eigenvalue weighted by Crippen LogP contribution is 2.47. The van der Waals surface area contributed by atoms with Crippen LogP contribution >= 0.6 is 0 Å². The molecule has 105 heavy (non-hydrogen) atoms. The second-order valence-corrected chi connectivity index (χ2v) is 25.8. The minimum absolute atomic E-state index is 0.000812. The van der Waals surface area contributed by atoms with Gasteiger partial charge in [-0.15, -0.1) is 0 Å². The van der Waals surface area contributed by atoms with Crippen LogP contribution in [0, 0.1) is 18.7 Å². The smallest absolute Gasteiger partial charge is 0.411 e. The highest BCUT2D eigenvalue weighted by molar-refractivity contribution is 6.13. The number of amides is 11. The summed E-state index contributed by atoms with van der Waals surface area (Å²) < 4.78 is 56.3. The van der Waals surface area contributed by atoms with Gasteiger partial charge in [0.1, 0.15) is 36.8 Å². The van der Waals surface area contributed by atoms with Gasteiger partial charge in [0.2, 0.25) is 29.2 Å². The summed E-state index contributed by atoms with van der Waals surface area (Å²) in [5, 5.41) is 17.2. The molecule has 0 bridgehead atoms. The Morgan fingerprint density at radius 3 is 2.11 bits per heavy atom. The predicted octanol–water partition coefficient (Wildman–Crippen LogP) is 3.58. The van der Waals surface area contributed by atoms with Gasteiger partial charge >= 0.3 is 24.2 Å². The molecule has 9 rings (SSSR count). The third-order valence-electron chi connectivity index (χ3n) is 18.3. The van der Waals surface area contributed by atoms with Crippen LogP contribution in [0.25, 0.3) is 22.3 Å². The molecule has 0 spiro atoms. The number of urea groups is 1. The predicted molar refractivity (Wildman–Crippen MR) is 374 cm³/mol. The van der Waals surface area contributed by atoms with Gasteiger partial charge in [-0.1, -0.05) is 39.0 Å². The standard InChI is InChI=1S/C72H88FN13O19/c1-7-72(49-37-55-63-47(39-86(55)67(94)48(49)41-103-68(72)95)61-51(80-64(91)52-11-8-9-23-75-52)18-17-46-43(4)50(73)38-54(79-63)60(46)61)105-71(98)84(6)28-27-83(5)70(97)104-40-44-13-15-45(16-14-44)78-65(92)53(12-10-24-77-69(74)96)81-66(93)62(42(2)3)82-57(88)22-29-99-31-33-101-35-36-102-34-32-100-30-25-76-56(87)21-26-85-58(89)19-20-59(85)90/h8-9,11,13-16,19-20,23,37-38,42,51,53,62H,7,10,12,17-18,21-22,24-36,39-41H2,1-6H3,(H,76,87)(H,78,92)(H,80,91)(H,81,93)(H,82,88)(H3,74,77,96)/t51-,53+,62+,72-/m1/s1. The van der Waals surface area contributed by atoms with Gasteiger partial charge < -0.3 is 85.2 Å². The van der Waals surface area contributed by atoms with Crippen molar-refractivity contribution in [3.8, 4) is 11.4 Å². The number of cyclic esters (lactones) is 1. The van der Waals surface area contributed by atoms with Crippen LogP contribution in [0.4, 0.5) is 24.5 Å². The van der Waals surface area contributed by atoms with Crippen molar-refractivity contribution in [2.24, 2.45) is 11.7 Å². The zero-order valence-electron chi connectivity index (χ0n) is 59.4. The van der Waals surface area contributed by atoms with E-state index in [-0.39, 0.29) is 154 Å². The molecule has 4 atom stereocenters. The number of esters is 1. The van der Waals surface area contributed by atoms with Crippen molar-refractivity contribution in [3.63, 3.8) is 0 Å². The van der Waals surface area contributed by atoms with Gasteiger partial charge in [-0.05, 0) is 97.5 Å². The Hall–Kier alpha value is -10.8. The lowest BCUT2D eigenvalue weighted by Gasteiger charge is -2.36. The van der Waals surface area contributed by atoms with E-state index in [9.17, 15) is 57.5 Å². The lowest BCUT2D eigenvalue weighted by Crippen LogP contribution is -2.54. The van der Waals surface area contributed by atoms with Crippen LogP contribution in [0.3, 0.4) is 0 Å². The number of nitrogens with two attached hydrogens (primary N) is 1. The molecule has 3 aliphatic heterocycles. The third kappa shape index (κ3) is 19.7. The molecule has 3 aromatic heterocycles. The molecule has 0 fully saturated rings. The summed E-state index contributed by atoms with van der Waals surface area (Å²) in [5.41, 5.74) is 7.34. The second kappa shape index (κ2) is 36.6. The number of carbonyl (C=O) groups is 11. The topological polar surface area (TPSA) is 408 Å². The van der Waals surface area contributed by atoms with Gasteiger partial charge in [-0.3, -0.25) is 48.2 Å². The van der Waals surface area contributed by atoms with Gasteiger partial charge in [-0.2, -0.15) is 0 Å². The Labute approximate surface area is 603 Å². The number of hydrogen-bond acceptors (Lipinski definition) is 21. The third-order valence-corrected chi connectivity index (χ3v) is 18.3. The van der Waals surface area contributed by atoms with Crippen LogP contribution in [0.2, 0.25) is 0 Å². The highest BCUT2D eigenvalue weighted by Gasteiger charge is 2.51. The Morgan fingerprint density at radius 1 is 0.781 bits per heavy atom. The lowest BCUT2D eigenvalue weighted by atomic mass is 9.81. The number of aryl methyl sites for hydroxylation is 1. The number of pyridine rings is 3. The van der Waals surface area contributed by atoms with Crippen molar-refractivity contribution >= 4 is 82.1 Å². The van der Waals surface area contributed by atoms with Crippen LogP contribution in [0.5, 0.6) is 0 Å². The van der Waals surface area contributed by atoms with E-state index >= 15 is 4.39 Å². The maximum absolute atomic E-state index is 15.6. The van der Waals surface area contributed by atoms with Gasteiger partial charge in [0.05, 0.1) is 87.9 Å². The Morgan fingerprint density at radius 2 is 1.46 bits per heavy atom. The number of likely N-dealkylation sites (N-methyl/N-ethyl adjacent to an activating group) is 2. The molecule has 6 heterocycles. The average molecular weight is 1460 g/mol. The number of ether oxygens (including phenoxy) is 7. The largest absolute Gasteiger partial charge is 0.457 e. The molecule has 8 N–H and O–H groups in total. The number of nitrogens with zero attached hydrogens (tertiary/aromatic N) is 6. The number of nitrogens with one attached hydrogen (secondary N) is 6. The maximum Gasteiger partial charge on any atom is 0.411 e. The van der Waals surface area contributed by atoms with Gasteiger partial charge in [0, 0.05) is 106 Å². The zero-order valence-corrected chi connectivity index (χ0v) is 59.4. The summed E-state index contributed by atoms with van der Waals surface area (Å²) in [6.45, 7) is 8.16. The van der Waals surface area contributed by atoms with E-state index in [0.29, 0.717) is 63.1 Å². The number of hydrogen-bond donors (Lipinski definition) is 7. The number of benzene rings is 2. The SMILES string of the molecule is CC[C@]1(OC(=O)N(C)CCN(C)C(=O)OCc2ccc(NC(=O)[C@H](CCCNC(N)=O)NC(=O)[C@@H](NC(=O)CCOCCOCCOCCOCCNC(=O)CCN3C(=O)C=CC3=O)C(C)C)cc2)C(=O)OCc2c1cc1n(c2=O)Cc2c-1nc1cc(F)c(C)c3c1c2[C@H](NC(=O)c1ccccn1)CC3. The number of primary amides is 1. The molecule has 5 aromatic rings. The van der Waals surface area contributed by atoms with E-state index < -0.39 is 107 Å². The summed E-state index contributed by atoms with van der Waals surface area (Å²) in [6.07, 6.45) is 3.04. The maximum atomic E-state index is 15.6. The normalized spacial score (nSPS) is 15.9. The first-order chi connectivity index (χ1) is 50.4. The molecular formula is C72H88FN13O19. The van der Waals surface area contributed by atoms with Crippen molar-refractivity contribution in [3.05, 3.63) is 134 Å². The number of fused-ring (bicyclic) bond motifs is 5. The number of carbonyl (C=O) groups excluding carboxylic acids is 11. The van der Waals surface area contributed by atoms with E-state index in [1.165, 1.54) is 35.8 Å². The van der Waals surface area contributed by atoms with Crippen LogP contribution in [-0.4, -0.2) is 207 Å². The minimum atomic E-state index is -2.10. The quantitative estimate of drug-likeness (QED) is 0.0127. The van der Waals surface area contributed by atoms with E-state index in [4.69, 9.17) is 43.9 Å². The lowest BCUT2D eigenvalue weighted by molar-refractivity contribution is -0.173. The first-order valence-electron chi connectivity index (χ1n) is 34.7. The summed E-state index contributed by atoms with van der Waals surface area (Å²) in [6, 6.07) is 10.7. The van der Waals surface area contributed by atoms with Crippen LogP contribution < -0.4 is 43.2 Å². The van der Waals surface area contributed by atoms with Crippen molar-refractivity contribution in [2.45, 2.75) is 116 Å². The fourth-order valence-electron chi connectivity index (χ4n) is 12.4. The summed E-state index contributed by atoms with van der Waals surface area (Å²) in [5.74, 6) is -5.11. The van der Waals surface area contributed by atoms with Gasteiger partial charge in [0.25, 0.3) is 23.3 Å². The molecule has 2 aromatic carbocycles. The van der Waals surface area contributed by atoms with Crippen molar-refractivity contribution in [1.29, 1.82) is 0 Å². The fourth-order valence-corrected chi connectivity index (χ4v) is 12.4. The highest BCUT2D eigenvalue weighted by atomic mass is 19.1. The second-order valence-electron chi connectivity index (χ2n) is 25.8.